The van der Waals surface area contributed by atoms with E-state index in [1.54, 1.807) is 7.11 Å². The van der Waals surface area contributed by atoms with Gasteiger partial charge in [0, 0.05) is 7.11 Å². The zero-order valence-corrected chi connectivity index (χ0v) is 10.9. The van der Waals surface area contributed by atoms with Crippen molar-refractivity contribution in [3.05, 3.63) is 0 Å². The molecule has 1 aliphatic carbocycles. The quantitative estimate of drug-likeness (QED) is 0.521. The van der Waals surface area contributed by atoms with Crippen LogP contribution in [-0.4, -0.2) is 50.2 Å². The molecule has 2 atom stereocenters. The number of methoxy groups -OCH3 is 1. The van der Waals surface area contributed by atoms with Crippen LogP contribution in [-0.2, 0) is 19.1 Å². The molecule has 2 aliphatic rings. The van der Waals surface area contributed by atoms with Crippen molar-refractivity contribution in [1.29, 1.82) is 0 Å². The lowest BCUT2D eigenvalue weighted by atomic mass is 9.81. The van der Waals surface area contributed by atoms with Gasteiger partial charge in [0.1, 0.15) is 0 Å². The maximum Gasteiger partial charge on any atom is 0.233 e. The second kappa shape index (κ2) is 6.29. The number of carbonyl (C=O) groups excluding carboxylic acids is 2. The molecule has 0 aromatic rings. The first-order valence-corrected chi connectivity index (χ1v) is 6.67. The number of fused-ring (bicyclic) bond motifs is 1. The first-order chi connectivity index (χ1) is 8.75. The van der Waals surface area contributed by atoms with Crippen LogP contribution in [0.3, 0.4) is 0 Å². The molecule has 0 aromatic heterocycles. The minimum absolute atomic E-state index is 0.0139. The van der Waals surface area contributed by atoms with E-state index < -0.39 is 0 Å². The minimum atomic E-state index is -0.0507. The predicted molar refractivity (Wildman–Crippen MR) is 64.9 cm³/mol. The molecule has 2 unspecified atom stereocenters. The van der Waals surface area contributed by atoms with E-state index in [4.69, 9.17) is 9.47 Å². The summed E-state index contributed by atoms with van der Waals surface area (Å²) in [5, 5.41) is 0. The third-order valence-electron chi connectivity index (χ3n) is 3.82. The fraction of sp³-hybridized carbons (Fsp3) is 0.846. The Morgan fingerprint density at radius 3 is 2.22 bits per heavy atom. The highest BCUT2D eigenvalue weighted by atomic mass is 16.5. The average Bonchev–Trinajstić information content (AvgIpc) is 2.64. The molecule has 2 rings (SSSR count). The summed E-state index contributed by atoms with van der Waals surface area (Å²) in [5.41, 5.74) is 0. The summed E-state index contributed by atoms with van der Waals surface area (Å²) >= 11 is 0. The molecule has 1 heterocycles. The van der Waals surface area contributed by atoms with Crippen molar-refractivity contribution in [1.82, 2.24) is 4.90 Å². The third-order valence-corrected chi connectivity index (χ3v) is 3.82. The Morgan fingerprint density at radius 1 is 1.06 bits per heavy atom. The zero-order valence-electron chi connectivity index (χ0n) is 10.9. The topological polar surface area (TPSA) is 55.8 Å². The van der Waals surface area contributed by atoms with Crippen LogP contribution >= 0.6 is 0 Å². The van der Waals surface area contributed by atoms with Gasteiger partial charge in [-0.05, 0) is 12.8 Å². The molecular formula is C13H21NO4. The smallest absolute Gasteiger partial charge is 0.233 e. The first kappa shape index (κ1) is 13.5. The average molecular weight is 255 g/mol. The van der Waals surface area contributed by atoms with Gasteiger partial charge in [-0.25, -0.2) is 0 Å². The molecule has 0 radical (unpaired) electrons. The van der Waals surface area contributed by atoms with E-state index in [1.165, 1.54) is 4.90 Å². The van der Waals surface area contributed by atoms with Gasteiger partial charge in [0.2, 0.25) is 11.8 Å². The lowest BCUT2D eigenvalue weighted by molar-refractivity contribution is -0.140. The Hall–Kier alpha value is -0.940. The fourth-order valence-corrected chi connectivity index (χ4v) is 2.85. The minimum Gasteiger partial charge on any atom is -0.382 e. The zero-order chi connectivity index (χ0) is 13.0. The fourth-order valence-electron chi connectivity index (χ4n) is 2.85. The van der Waals surface area contributed by atoms with Crippen molar-refractivity contribution in [3.63, 3.8) is 0 Å². The number of rotatable bonds is 6. The molecule has 0 N–H and O–H groups in total. The summed E-state index contributed by atoms with van der Waals surface area (Å²) in [5.74, 6) is -0.0736. The molecule has 5 nitrogen and oxygen atoms in total. The van der Waals surface area contributed by atoms with Gasteiger partial charge in [0.25, 0.3) is 0 Å². The van der Waals surface area contributed by atoms with Gasteiger partial charge in [-0.1, -0.05) is 12.8 Å². The molecule has 5 heteroatoms. The molecule has 102 valence electrons. The summed E-state index contributed by atoms with van der Waals surface area (Å²) in [7, 11) is 1.61. The third kappa shape index (κ3) is 2.72. The van der Waals surface area contributed by atoms with Crippen molar-refractivity contribution < 1.29 is 19.1 Å². The maximum absolute atomic E-state index is 12.1. The Kier molecular flexibility index (Phi) is 4.72. The molecule has 0 spiro atoms. The highest BCUT2D eigenvalue weighted by molar-refractivity contribution is 6.05. The van der Waals surface area contributed by atoms with Crippen LogP contribution in [0.25, 0.3) is 0 Å². The van der Waals surface area contributed by atoms with Crippen LogP contribution in [0.5, 0.6) is 0 Å². The summed E-state index contributed by atoms with van der Waals surface area (Å²) in [6, 6.07) is 0. The number of imide groups is 1. The monoisotopic (exact) mass is 255 g/mol. The van der Waals surface area contributed by atoms with Crippen LogP contribution in [0.15, 0.2) is 0 Å². The van der Waals surface area contributed by atoms with Crippen LogP contribution < -0.4 is 0 Å². The van der Waals surface area contributed by atoms with Gasteiger partial charge in [0.05, 0.1) is 38.2 Å². The van der Waals surface area contributed by atoms with E-state index in [9.17, 15) is 9.59 Å². The molecule has 0 aromatic carbocycles. The van der Waals surface area contributed by atoms with E-state index >= 15 is 0 Å². The Balaban J connectivity index is 1.81. The number of carbonyl (C=O) groups is 2. The molecule has 1 saturated heterocycles. The summed E-state index contributed by atoms with van der Waals surface area (Å²) in [6.07, 6.45) is 3.88. The second-order valence-electron chi connectivity index (χ2n) is 4.93. The SMILES string of the molecule is COCCOCCN1C(=O)C2CCCCC2C1=O. The van der Waals surface area contributed by atoms with Gasteiger partial charge in [0.15, 0.2) is 0 Å². The van der Waals surface area contributed by atoms with Gasteiger partial charge < -0.3 is 9.47 Å². The highest BCUT2D eigenvalue weighted by Gasteiger charge is 2.47. The Labute approximate surface area is 107 Å². The first-order valence-electron chi connectivity index (χ1n) is 6.67. The van der Waals surface area contributed by atoms with E-state index in [2.05, 4.69) is 0 Å². The Bertz CT molecular complexity index is 294. The number of hydrogen-bond donors (Lipinski definition) is 0. The standard InChI is InChI=1S/C13H21NO4/c1-17-8-9-18-7-6-14-12(15)10-4-2-3-5-11(10)13(14)16/h10-11H,2-9H2,1H3. The summed E-state index contributed by atoms with van der Waals surface area (Å²) < 4.78 is 10.2. The lowest BCUT2D eigenvalue weighted by Crippen LogP contribution is -2.34. The van der Waals surface area contributed by atoms with Crippen LogP contribution in [0.2, 0.25) is 0 Å². The number of likely N-dealkylation sites (tertiary alicyclic amines) is 1. The molecule has 18 heavy (non-hydrogen) atoms. The molecule has 1 saturated carbocycles. The van der Waals surface area contributed by atoms with Crippen LogP contribution in [0.4, 0.5) is 0 Å². The maximum atomic E-state index is 12.1. The number of ether oxygens (including phenoxy) is 2. The number of hydrogen-bond acceptors (Lipinski definition) is 4. The molecular weight excluding hydrogens is 234 g/mol. The van der Waals surface area contributed by atoms with E-state index in [-0.39, 0.29) is 23.7 Å². The van der Waals surface area contributed by atoms with Gasteiger partial charge in [-0.3, -0.25) is 14.5 Å². The van der Waals surface area contributed by atoms with Crippen LogP contribution in [0, 0.1) is 11.8 Å². The van der Waals surface area contributed by atoms with Crippen molar-refractivity contribution in [2.24, 2.45) is 11.8 Å². The molecule has 2 fully saturated rings. The van der Waals surface area contributed by atoms with Gasteiger partial charge in [-0.15, -0.1) is 0 Å². The lowest BCUT2D eigenvalue weighted by Gasteiger charge is -2.19. The predicted octanol–water partition coefficient (Wildman–Crippen LogP) is 0.825. The second-order valence-corrected chi connectivity index (χ2v) is 4.93. The van der Waals surface area contributed by atoms with E-state index in [0.29, 0.717) is 26.4 Å². The van der Waals surface area contributed by atoms with Crippen molar-refractivity contribution in [2.75, 3.05) is 33.5 Å². The molecule has 1 aliphatic heterocycles. The van der Waals surface area contributed by atoms with Crippen LogP contribution in [0.1, 0.15) is 25.7 Å². The molecule has 0 bridgehead atoms. The van der Waals surface area contributed by atoms with E-state index in [1.807, 2.05) is 0 Å². The largest absolute Gasteiger partial charge is 0.382 e. The van der Waals surface area contributed by atoms with E-state index in [0.717, 1.165) is 25.7 Å². The Morgan fingerprint density at radius 2 is 1.67 bits per heavy atom. The number of nitrogens with zero attached hydrogens (tertiary/aromatic N) is 1. The van der Waals surface area contributed by atoms with Crippen molar-refractivity contribution in [3.8, 4) is 0 Å². The summed E-state index contributed by atoms with van der Waals surface area (Å²) in [4.78, 5) is 25.6. The highest BCUT2D eigenvalue weighted by Crippen LogP contribution is 2.37. The van der Waals surface area contributed by atoms with Crippen molar-refractivity contribution >= 4 is 11.8 Å². The molecule has 2 amide bonds. The van der Waals surface area contributed by atoms with Gasteiger partial charge in [-0.2, -0.15) is 0 Å². The number of amides is 2. The normalized spacial score (nSPS) is 27.7. The van der Waals surface area contributed by atoms with Gasteiger partial charge >= 0.3 is 0 Å². The summed E-state index contributed by atoms with van der Waals surface area (Å²) in [6.45, 7) is 1.82. The van der Waals surface area contributed by atoms with Crippen molar-refractivity contribution in [2.45, 2.75) is 25.7 Å².